The first-order valence-electron chi connectivity index (χ1n) is 10.8. The van der Waals surface area contributed by atoms with Crippen molar-refractivity contribution in [3.63, 3.8) is 0 Å². The van der Waals surface area contributed by atoms with Gasteiger partial charge in [-0.1, -0.05) is 18.0 Å². The van der Waals surface area contributed by atoms with Crippen molar-refractivity contribution >= 4 is 34.8 Å². The number of amides is 2. The lowest BCUT2D eigenvalue weighted by Gasteiger charge is -2.23. The van der Waals surface area contributed by atoms with Crippen LogP contribution >= 0.6 is 11.6 Å². The average molecular weight is 451 g/mol. The number of halogens is 1. The van der Waals surface area contributed by atoms with Crippen LogP contribution < -0.4 is 15.4 Å². The Bertz CT molecular complexity index is 1200. The van der Waals surface area contributed by atoms with E-state index in [1.54, 1.807) is 25.1 Å². The first-order chi connectivity index (χ1) is 15.5. The van der Waals surface area contributed by atoms with Crippen molar-refractivity contribution in [1.82, 2.24) is 9.78 Å². The SMILES string of the molecule is C[C@H]1Oc2ccc(NC(=O)c3nn(-c4ccc(Cl)cc4)c4c3CCCCC4)cc2NC1=O. The van der Waals surface area contributed by atoms with Crippen molar-refractivity contribution in [3.8, 4) is 11.4 Å². The molecule has 0 saturated heterocycles. The van der Waals surface area contributed by atoms with E-state index in [0.29, 0.717) is 27.8 Å². The minimum absolute atomic E-state index is 0.215. The summed E-state index contributed by atoms with van der Waals surface area (Å²) >= 11 is 6.05. The van der Waals surface area contributed by atoms with Crippen molar-refractivity contribution in [1.29, 1.82) is 0 Å². The summed E-state index contributed by atoms with van der Waals surface area (Å²) in [7, 11) is 0. The van der Waals surface area contributed by atoms with Crippen LogP contribution in [0.2, 0.25) is 5.02 Å². The van der Waals surface area contributed by atoms with Crippen LogP contribution in [0.3, 0.4) is 0 Å². The number of ether oxygens (including phenoxy) is 1. The minimum Gasteiger partial charge on any atom is -0.479 e. The lowest BCUT2D eigenvalue weighted by Crippen LogP contribution is -2.34. The van der Waals surface area contributed by atoms with Crippen LogP contribution in [0.25, 0.3) is 5.69 Å². The van der Waals surface area contributed by atoms with Crippen LogP contribution in [-0.2, 0) is 17.6 Å². The van der Waals surface area contributed by atoms with E-state index in [-0.39, 0.29) is 11.8 Å². The highest BCUT2D eigenvalue weighted by atomic mass is 35.5. The number of nitrogens with zero attached hydrogens (tertiary/aromatic N) is 2. The molecule has 2 heterocycles. The number of rotatable bonds is 3. The highest BCUT2D eigenvalue weighted by Crippen LogP contribution is 2.33. The van der Waals surface area contributed by atoms with Crippen LogP contribution in [0.1, 0.15) is 47.9 Å². The molecule has 164 valence electrons. The molecule has 2 aliphatic rings. The second kappa shape index (κ2) is 8.31. The molecule has 2 N–H and O–H groups in total. The Kier molecular flexibility index (Phi) is 5.35. The minimum atomic E-state index is -0.546. The zero-order valence-corrected chi connectivity index (χ0v) is 18.4. The van der Waals surface area contributed by atoms with Crippen LogP contribution in [0.4, 0.5) is 11.4 Å². The Hall–Kier alpha value is -3.32. The van der Waals surface area contributed by atoms with E-state index in [2.05, 4.69) is 10.6 Å². The van der Waals surface area contributed by atoms with Crippen molar-refractivity contribution in [3.05, 3.63) is 64.4 Å². The highest BCUT2D eigenvalue weighted by molar-refractivity contribution is 6.30. The van der Waals surface area contributed by atoms with Gasteiger partial charge in [0.15, 0.2) is 11.8 Å². The molecule has 1 atom stereocenters. The fourth-order valence-electron chi connectivity index (χ4n) is 4.23. The summed E-state index contributed by atoms with van der Waals surface area (Å²) in [4.78, 5) is 25.2. The molecule has 8 heteroatoms. The number of carbonyl (C=O) groups excluding carboxylic acids is 2. The topological polar surface area (TPSA) is 85.2 Å². The van der Waals surface area contributed by atoms with Gasteiger partial charge < -0.3 is 15.4 Å². The molecule has 2 amide bonds. The summed E-state index contributed by atoms with van der Waals surface area (Å²) in [5, 5.41) is 11.1. The fraction of sp³-hybridized carbons (Fsp3) is 0.292. The molecule has 0 unspecified atom stereocenters. The third-order valence-electron chi connectivity index (χ3n) is 5.88. The molecule has 5 rings (SSSR count). The van der Waals surface area contributed by atoms with E-state index in [1.807, 2.05) is 28.9 Å². The average Bonchev–Trinajstić information content (AvgIpc) is 2.96. The van der Waals surface area contributed by atoms with E-state index >= 15 is 0 Å². The molecule has 3 aromatic rings. The molecule has 1 aromatic heterocycles. The quantitative estimate of drug-likeness (QED) is 0.563. The van der Waals surface area contributed by atoms with Gasteiger partial charge in [-0.3, -0.25) is 9.59 Å². The van der Waals surface area contributed by atoms with Crippen LogP contribution in [0.15, 0.2) is 42.5 Å². The zero-order chi connectivity index (χ0) is 22.2. The number of anilines is 2. The van der Waals surface area contributed by atoms with Gasteiger partial charge in [-0.25, -0.2) is 4.68 Å². The molecule has 0 spiro atoms. The van der Waals surface area contributed by atoms with Crippen molar-refractivity contribution in [2.24, 2.45) is 0 Å². The van der Waals surface area contributed by atoms with E-state index in [1.165, 1.54) is 0 Å². The monoisotopic (exact) mass is 450 g/mol. The number of carbonyl (C=O) groups is 2. The van der Waals surface area contributed by atoms with Gasteiger partial charge in [-0.05, 0) is 75.1 Å². The number of fused-ring (bicyclic) bond motifs is 2. The largest absolute Gasteiger partial charge is 0.479 e. The molecule has 0 radical (unpaired) electrons. The van der Waals surface area contributed by atoms with E-state index in [4.69, 9.17) is 21.4 Å². The predicted octanol–water partition coefficient (Wildman–Crippen LogP) is 4.77. The maximum Gasteiger partial charge on any atom is 0.276 e. The van der Waals surface area contributed by atoms with Gasteiger partial charge in [-0.15, -0.1) is 0 Å². The maximum absolute atomic E-state index is 13.3. The molecular weight excluding hydrogens is 428 g/mol. The smallest absolute Gasteiger partial charge is 0.276 e. The number of nitrogens with one attached hydrogen (secondary N) is 2. The summed E-state index contributed by atoms with van der Waals surface area (Å²) in [5.41, 5.74) is 4.50. The third-order valence-corrected chi connectivity index (χ3v) is 6.14. The fourth-order valence-corrected chi connectivity index (χ4v) is 4.36. The Morgan fingerprint density at radius 1 is 1.16 bits per heavy atom. The van der Waals surface area contributed by atoms with E-state index in [0.717, 1.165) is 49.0 Å². The second-order valence-electron chi connectivity index (χ2n) is 8.14. The standard InChI is InChI=1S/C24H23ClN4O3/c1-14-23(30)27-19-13-16(9-12-21(19)32-14)26-24(31)22-18-5-3-2-4-6-20(18)29(28-22)17-10-7-15(25)8-11-17/h7-14H,2-6H2,1H3,(H,26,31)(H,27,30)/t14-/m1/s1. The lowest BCUT2D eigenvalue weighted by molar-refractivity contribution is -0.122. The summed E-state index contributed by atoms with van der Waals surface area (Å²) in [6, 6.07) is 12.7. The highest BCUT2D eigenvalue weighted by Gasteiger charge is 2.26. The van der Waals surface area contributed by atoms with Crippen molar-refractivity contribution in [2.75, 3.05) is 10.6 Å². The number of hydrogen-bond acceptors (Lipinski definition) is 4. The lowest BCUT2D eigenvalue weighted by atomic mass is 10.1. The maximum atomic E-state index is 13.3. The summed E-state index contributed by atoms with van der Waals surface area (Å²) in [6.45, 7) is 1.69. The summed E-state index contributed by atoms with van der Waals surface area (Å²) < 4.78 is 7.46. The van der Waals surface area contributed by atoms with E-state index in [9.17, 15) is 9.59 Å². The molecule has 2 aromatic carbocycles. The Balaban J connectivity index is 1.47. The normalized spacial score (nSPS) is 17.4. The van der Waals surface area contributed by atoms with Crippen LogP contribution in [0.5, 0.6) is 5.75 Å². The van der Waals surface area contributed by atoms with Gasteiger partial charge in [0, 0.05) is 22.0 Å². The van der Waals surface area contributed by atoms with Gasteiger partial charge >= 0.3 is 0 Å². The first-order valence-corrected chi connectivity index (χ1v) is 11.2. The van der Waals surface area contributed by atoms with Gasteiger partial charge in [0.25, 0.3) is 11.8 Å². The summed E-state index contributed by atoms with van der Waals surface area (Å²) in [5.74, 6) is 0.0937. The predicted molar refractivity (Wildman–Crippen MR) is 123 cm³/mol. The molecule has 0 saturated carbocycles. The second-order valence-corrected chi connectivity index (χ2v) is 8.57. The Morgan fingerprint density at radius 3 is 2.75 bits per heavy atom. The van der Waals surface area contributed by atoms with Crippen molar-refractivity contribution in [2.45, 2.75) is 45.1 Å². The zero-order valence-electron chi connectivity index (χ0n) is 17.7. The molecule has 7 nitrogen and oxygen atoms in total. The van der Waals surface area contributed by atoms with Gasteiger partial charge in [-0.2, -0.15) is 5.10 Å². The molecule has 1 aliphatic heterocycles. The number of aromatic nitrogens is 2. The first kappa shape index (κ1) is 20.6. The molecule has 0 fully saturated rings. The summed E-state index contributed by atoms with van der Waals surface area (Å²) in [6.07, 6.45) is 4.36. The van der Waals surface area contributed by atoms with Gasteiger partial charge in [0.1, 0.15) is 5.75 Å². The number of hydrogen-bond donors (Lipinski definition) is 2. The Labute approximate surface area is 190 Å². The Morgan fingerprint density at radius 2 is 1.94 bits per heavy atom. The van der Waals surface area contributed by atoms with Crippen LogP contribution in [-0.4, -0.2) is 27.7 Å². The van der Waals surface area contributed by atoms with Crippen molar-refractivity contribution < 1.29 is 14.3 Å². The number of benzene rings is 2. The van der Waals surface area contributed by atoms with Gasteiger partial charge in [0.05, 0.1) is 11.4 Å². The van der Waals surface area contributed by atoms with Gasteiger partial charge in [0.2, 0.25) is 0 Å². The molecule has 1 aliphatic carbocycles. The molecular formula is C24H23ClN4O3. The molecule has 0 bridgehead atoms. The molecule has 32 heavy (non-hydrogen) atoms. The third kappa shape index (κ3) is 3.84. The van der Waals surface area contributed by atoms with E-state index < -0.39 is 6.10 Å². The van der Waals surface area contributed by atoms with Crippen LogP contribution in [0, 0.1) is 0 Å².